The largest absolute Gasteiger partial charge is 0.456 e. The third-order valence-electron chi connectivity index (χ3n) is 9.87. The third kappa shape index (κ3) is 4.20. The lowest BCUT2D eigenvalue weighted by atomic mass is 10.0. The van der Waals surface area contributed by atoms with E-state index in [1.807, 2.05) is 72.8 Å². The van der Waals surface area contributed by atoms with Gasteiger partial charge in [-0.3, -0.25) is 0 Å². The van der Waals surface area contributed by atoms with Crippen LogP contribution in [0.1, 0.15) is 0 Å². The van der Waals surface area contributed by atoms with Crippen molar-refractivity contribution < 1.29 is 8.83 Å². The summed E-state index contributed by atoms with van der Waals surface area (Å²) in [6, 6.07) is 53.8. The number of furan rings is 2. The number of benzene rings is 7. The van der Waals surface area contributed by atoms with E-state index < -0.39 is 0 Å². The lowest BCUT2D eigenvalue weighted by molar-refractivity contribution is 0.668. The Morgan fingerprint density at radius 3 is 1.73 bits per heavy atom. The number of rotatable bonds is 4. The lowest BCUT2D eigenvalue weighted by Gasteiger charge is -2.10. The predicted molar refractivity (Wildman–Crippen MR) is 205 cm³/mol. The van der Waals surface area contributed by atoms with Gasteiger partial charge in [0.2, 0.25) is 0 Å². The molecule has 238 valence electrons. The van der Waals surface area contributed by atoms with Crippen molar-refractivity contribution in [3.05, 3.63) is 158 Å². The van der Waals surface area contributed by atoms with Crippen LogP contribution in [0, 0.1) is 0 Å². The standard InChI is InChI=1S/C45H26N4O2/c1-2-12-27(13-3-1)43-46-44(48-45(47-43)33-17-10-22-38-41(33)31-16-6-9-21-37(31)50-38)28-24-25-32-40(26-28)51-39-23-11-20-36(42(32)39)49-34-18-7-4-14-29(34)30-15-5-8-19-35(30)49/h1-26H. The summed E-state index contributed by atoms with van der Waals surface area (Å²) < 4.78 is 15.2. The van der Waals surface area contributed by atoms with Crippen LogP contribution in [0.25, 0.3) is 106 Å². The number of hydrogen-bond acceptors (Lipinski definition) is 5. The Labute approximate surface area is 290 Å². The van der Waals surface area contributed by atoms with Gasteiger partial charge in [-0.2, -0.15) is 0 Å². The van der Waals surface area contributed by atoms with Crippen LogP contribution in [0.15, 0.2) is 167 Å². The van der Waals surface area contributed by atoms with E-state index in [-0.39, 0.29) is 0 Å². The maximum absolute atomic E-state index is 6.61. The summed E-state index contributed by atoms with van der Waals surface area (Å²) in [6.45, 7) is 0. The first-order valence-electron chi connectivity index (χ1n) is 16.9. The van der Waals surface area contributed by atoms with Crippen molar-refractivity contribution in [1.82, 2.24) is 19.5 Å². The zero-order valence-electron chi connectivity index (χ0n) is 27.1. The summed E-state index contributed by atoms with van der Waals surface area (Å²) in [4.78, 5) is 15.2. The van der Waals surface area contributed by atoms with E-state index in [0.717, 1.165) is 77.3 Å². The molecule has 0 N–H and O–H groups in total. The van der Waals surface area contributed by atoms with Crippen molar-refractivity contribution >= 4 is 65.7 Å². The molecule has 0 saturated heterocycles. The van der Waals surface area contributed by atoms with E-state index in [9.17, 15) is 0 Å². The Balaban J connectivity index is 1.13. The summed E-state index contributed by atoms with van der Waals surface area (Å²) in [6.07, 6.45) is 0. The smallest absolute Gasteiger partial charge is 0.164 e. The van der Waals surface area contributed by atoms with E-state index in [1.54, 1.807) is 0 Å². The van der Waals surface area contributed by atoms with Gasteiger partial charge in [0, 0.05) is 43.6 Å². The van der Waals surface area contributed by atoms with Crippen molar-refractivity contribution in [2.45, 2.75) is 0 Å². The van der Waals surface area contributed by atoms with Crippen LogP contribution >= 0.6 is 0 Å². The molecule has 0 saturated carbocycles. The average molecular weight is 655 g/mol. The normalized spacial score (nSPS) is 11.9. The fourth-order valence-electron chi connectivity index (χ4n) is 7.62. The Hall–Kier alpha value is -7.05. The molecule has 7 aromatic carbocycles. The second-order valence-corrected chi connectivity index (χ2v) is 12.8. The fourth-order valence-corrected chi connectivity index (χ4v) is 7.62. The molecule has 6 heteroatoms. The van der Waals surface area contributed by atoms with Crippen LogP contribution < -0.4 is 0 Å². The van der Waals surface area contributed by atoms with Gasteiger partial charge in [-0.05, 0) is 48.5 Å². The molecule has 4 heterocycles. The molecule has 0 aliphatic rings. The van der Waals surface area contributed by atoms with Gasteiger partial charge in [0.15, 0.2) is 17.5 Å². The molecule has 0 atom stereocenters. The minimum absolute atomic E-state index is 0.564. The molecule has 6 nitrogen and oxygen atoms in total. The average Bonchev–Trinajstić information content (AvgIpc) is 3.87. The van der Waals surface area contributed by atoms with E-state index in [2.05, 4.69) is 89.5 Å². The Kier molecular flexibility index (Phi) is 5.86. The van der Waals surface area contributed by atoms with Gasteiger partial charge in [0.05, 0.1) is 22.1 Å². The summed E-state index contributed by atoms with van der Waals surface area (Å²) >= 11 is 0. The molecule has 0 aliphatic heterocycles. The van der Waals surface area contributed by atoms with Gasteiger partial charge in [-0.25, -0.2) is 15.0 Å². The van der Waals surface area contributed by atoms with Crippen molar-refractivity contribution in [2.75, 3.05) is 0 Å². The minimum atomic E-state index is 0.564. The van der Waals surface area contributed by atoms with Crippen molar-refractivity contribution in [3.63, 3.8) is 0 Å². The molecule has 0 spiro atoms. The second kappa shape index (κ2) is 10.7. The van der Waals surface area contributed by atoms with Crippen molar-refractivity contribution in [2.24, 2.45) is 0 Å². The number of para-hydroxylation sites is 3. The highest BCUT2D eigenvalue weighted by molar-refractivity contribution is 6.15. The van der Waals surface area contributed by atoms with Gasteiger partial charge in [0.25, 0.3) is 0 Å². The van der Waals surface area contributed by atoms with Crippen LogP contribution in [0.4, 0.5) is 0 Å². The summed E-state index contributed by atoms with van der Waals surface area (Å²) in [5, 5.41) is 6.53. The number of aromatic nitrogens is 4. The van der Waals surface area contributed by atoms with Gasteiger partial charge in [-0.15, -0.1) is 0 Å². The summed E-state index contributed by atoms with van der Waals surface area (Å²) in [7, 11) is 0. The van der Waals surface area contributed by atoms with Gasteiger partial charge >= 0.3 is 0 Å². The third-order valence-corrected chi connectivity index (χ3v) is 9.87. The van der Waals surface area contributed by atoms with Gasteiger partial charge < -0.3 is 13.4 Å². The molecule has 0 radical (unpaired) electrons. The maximum atomic E-state index is 6.61. The van der Waals surface area contributed by atoms with E-state index in [1.165, 1.54) is 10.8 Å². The molecule has 4 aromatic heterocycles. The maximum Gasteiger partial charge on any atom is 0.164 e. The number of fused-ring (bicyclic) bond motifs is 9. The molecule has 11 aromatic rings. The first-order chi connectivity index (χ1) is 25.3. The molecule has 0 aliphatic carbocycles. The second-order valence-electron chi connectivity index (χ2n) is 12.8. The zero-order chi connectivity index (χ0) is 33.5. The molecule has 0 unspecified atom stereocenters. The van der Waals surface area contributed by atoms with Crippen LogP contribution in [-0.2, 0) is 0 Å². The first-order valence-corrected chi connectivity index (χ1v) is 16.9. The topological polar surface area (TPSA) is 69.9 Å². The van der Waals surface area contributed by atoms with Crippen LogP contribution in [0.3, 0.4) is 0 Å². The van der Waals surface area contributed by atoms with E-state index in [0.29, 0.717) is 17.5 Å². The predicted octanol–water partition coefficient (Wildman–Crippen LogP) is 11.8. The highest BCUT2D eigenvalue weighted by Crippen LogP contribution is 2.40. The molecule has 11 rings (SSSR count). The Morgan fingerprint density at radius 1 is 0.373 bits per heavy atom. The minimum Gasteiger partial charge on any atom is -0.456 e. The molecular weight excluding hydrogens is 629 g/mol. The fraction of sp³-hybridized carbons (Fsp3) is 0. The highest BCUT2D eigenvalue weighted by atomic mass is 16.3. The monoisotopic (exact) mass is 654 g/mol. The highest BCUT2D eigenvalue weighted by Gasteiger charge is 2.20. The van der Waals surface area contributed by atoms with Gasteiger partial charge in [0.1, 0.15) is 22.3 Å². The lowest BCUT2D eigenvalue weighted by Crippen LogP contribution is -2.00. The van der Waals surface area contributed by atoms with E-state index >= 15 is 0 Å². The van der Waals surface area contributed by atoms with Gasteiger partial charge in [-0.1, -0.05) is 109 Å². The van der Waals surface area contributed by atoms with Crippen molar-refractivity contribution in [1.29, 1.82) is 0 Å². The molecule has 0 bridgehead atoms. The van der Waals surface area contributed by atoms with Crippen molar-refractivity contribution in [3.8, 4) is 39.9 Å². The first kappa shape index (κ1) is 27.9. The Bertz CT molecular complexity index is 3100. The quantitative estimate of drug-likeness (QED) is 0.189. The van der Waals surface area contributed by atoms with Crippen LogP contribution in [0.5, 0.6) is 0 Å². The molecule has 0 fully saturated rings. The number of nitrogens with zero attached hydrogens (tertiary/aromatic N) is 4. The SMILES string of the molecule is c1ccc(-c2nc(-c3ccc4c(c3)oc3cccc(-n5c6ccccc6c6ccccc65)c34)nc(-c3cccc4oc5ccccc5c34)n2)cc1. The summed E-state index contributed by atoms with van der Waals surface area (Å²) in [5.41, 5.74) is 9.23. The molecular formula is C45H26N4O2. The van der Waals surface area contributed by atoms with Crippen LogP contribution in [-0.4, -0.2) is 19.5 Å². The molecule has 0 amide bonds. The van der Waals surface area contributed by atoms with E-state index in [4.69, 9.17) is 23.8 Å². The van der Waals surface area contributed by atoms with Crippen LogP contribution in [0.2, 0.25) is 0 Å². The Morgan fingerprint density at radius 2 is 0.941 bits per heavy atom. The zero-order valence-corrected chi connectivity index (χ0v) is 27.1. The molecule has 51 heavy (non-hydrogen) atoms. The number of hydrogen-bond donors (Lipinski definition) is 0. The summed E-state index contributed by atoms with van der Waals surface area (Å²) in [5.74, 6) is 1.74.